The van der Waals surface area contributed by atoms with Crippen molar-refractivity contribution < 1.29 is 17.9 Å². The van der Waals surface area contributed by atoms with Gasteiger partial charge < -0.3 is 9.64 Å². The van der Waals surface area contributed by atoms with E-state index in [1.165, 1.54) is 38.3 Å². The molecule has 2 aromatic carbocycles. The van der Waals surface area contributed by atoms with Crippen LogP contribution < -0.4 is 14.4 Å². The average Bonchev–Trinajstić information content (AvgIpc) is 3.16. The summed E-state index contributed by atoms with van der Waals surface area (Å²) in [6.07, 6.45) is 2.27. The Hall–Kier alpha value is -2.54. The highest BCUT2D eigenvalue weighted by molar-refractivity contribution is 7.92. The van der Waals surface area contributed by atoms with Crippen LogP contribution in [0.15, 0.2) is 47.4 Å². The molecule has 1 aliphatic rings. The van der Waals surface area contributed by atoms with E-state index >= 15 is 0 Å². The van der Waals surface area contributed by atoms with E-state index in [1.54, 1.807) is 12.1 Å². The lowest BCUT2D eigenvalue weighted by molar-refractivity contribution is 0.101. The van der Waals surface area contributed by atoms with Crippen molar-refractivity contribution in [2.75, 3.05) is 29.8 Å². The van der Waals surface area contributed by atoms with Crippen molar-refractivity contribution >= 4 is 27.2 Å². The lowest BCUT2D eigenvalue weighted by Gasteiger charge is -2.20. The van der Waals surface area contributed by atoms with E-state index in [-0.39, 0.29) is 10.7 Å². The molecule has 0 saturated carbocycles. The van der Waals surface area contributed by atoms with Crippen LogP contribution in [0.5, 0.6) is 5.75 Å². The number of hydrogen-bond acceptors (Lipinski definition) is 5. The molecular weight excluding hydrogens is 352 g/mol. The van der Waals surface area contributed by atoms with Crippen molar-refractivity contribution in [1.29, 1.82) is 0 Å². The van der Waals surface area contributed by atoms with Gasteiger partial charge in [-0.15, -0.1) is 0 Å². The number of hydrogen-bond donors (Lipinski definition) is 1. The van der Waals surface area contributed by atoms with Crippen LogP contribution in [-0.4, -0.2) is 34.4 Å². The topological polar surface area (TPSA) is 75.7 Å². The van der Waals surface area contributed by atoms with Crippen LogP contribution in [0.3, 0.4) is 0 Å². The molecule has 26 heavy (non-hydrogen) atoms. The summed E-state index contributed by atoms with van der Waals surface area (Å²) >= 11 is 0. The van der Waals surface area contributed by atoms with E-state index in [0.717, 1.165) is 31.6 Å². The normalized spacial score (nSPS) is 14.3. The highest BCUT2D eigenvalue weighted by Crippen LogP contribution is 2.32. The summed E-state index contributed by atoms with van der Waals surface area (Å²) in [5.41, 5.74) is 1.83. The van der Waals surface area contributed by atoms with E-state index in [2.05, 4.69) is 9.62 Å². The van der Waals surface area contributed by atoms with E-state index in [1.807, 2.05) is 6.07 Å². The molecule has 3 rings (SSSR count). The maximum atomic E-state index is 12.7. The number of Topliss-reactive ketones (excluding diaryl/α,β-unsaturated/α-hetero) is 1. The van der Waals surface area contributed by atoms with E-state index in [9.17, 15) is 13.2 Å². The Bertz CT molecular complexity index is 902. The van der Waals surface area contributed by atoms with Crippen molar-refractivity contribution in [2.45, 2.75) is 24.7 Å². The van der Waals surface area contributed by atoms with Gasteiger partial charge in [-0.05, 0) is 50.1 Å². The highest BCUT2D eigenvalue weighted by Gasteiger charge is 2.19. The number of rotatable bonds is 6. The van der Waals surface area contributed by atoms with Crippen LogP contribution in [0.1, 0.15) is 30.1 Å². The van der Waals surface area contributed by atoms with Crippen LogP contribution in [0.4, 0.5) is 11.4 Å². The predicted octanol–water partition coefficient (Wildman–Crippen LogP) is 3.30. The lowest BCUT2D eigenvalue weighted by Crippen LogP contribution is -2.18. The number of ketones is 1. The van der Waals surface area contributed by atoms with Gasteiger partial charge in [0, 0.05) is 24.3 Å². The summed E-state index contributed by atoms with van der Waals surface area (Å²) < 4.78 is 33.3. The molecule has 7 heteroatoms. The molecule has 1 saturated heterocycles. The van der Waals surface area contributed by atoms with Crippen LogP contribution in [0.25, 0.3) is 0 Å². The molecule has 0 atom stereocenters. The molecule has 1 fully saturated rings. The van der Waals surface area contributed by atoms with Crippen LogP contribution in [-0.2, 0) is 10.0 Å². The molecule has 1 heterocycles. The van der Waals surface area contributed by atoms with Gasteiger partial charge in [0.2, 0.25) is 0 Å². The predicted molar refractivity (Wildman–Crippen MR) is 102 cm³/mol. The summed E-state index contributed by atoms with van der Waals surface area (Å²) in [5.74, 6) is 0.346. The molecule has 2 aromatic rings. The Labute approximate surface area is 153 Å². The Morgan fingerprint density at radius 2 is 1.73 bits per heavy atom. The van der Waals surface area contributed by atoms with E-state index < -0.39 is 10.0 Å². The number of carbonyl (C=O) groups excluding carboxylic acids is 1. The summed E-state index contributed by atoms with van der Waals surface area (Å²) in [7, 11) is -2.28. The number of ether oxygens (including phenoxy) is 1. The van der Waals surface area contributed by atoms with Crippen molar-refractivity contribution in [3.63, 3.8) is 0 Å². The third-order valence-corrected chi connectivity index (χ3v) is 5.85. The molecule has 1 aliphatic heterocycles. The molecule has 0 aromatic heterocycles. The van der Waals surface area contributed by atoms with Gasteiger partial charge >= 0.3 is 0 Å². The molecule has 0 unspecified atom stereocenters. The zero-order valence-corrected chi connectivity index (χ0v) is 15.7. The summed E-state index contributed by atoms with van der Waals surface area (Å²) in [4.78, 5) is 13.7. The summed E-state index contributed by atoms with van der Waals surface area (Å²) in [5, 5.41) is 0. The first-order valence-corrected chi connectivity index (χ1v) is 9.96. The maximum Gasteiger partial charge on any atom is 0.262 e. The number of carbonyl (C=O) groups is 1. The number of anilines is 2. The van der Waals surface area contributed by atoms with Crippen LogP contribution >= 0.6 is 0 Å². The fourth-order valence-corrected chi connectivity index (χ4v) is 4.08. The first kappa shape index (κ1) is 18.3. The van der Waals surface area contributed by atoms with Gasteiger partial charge in [-0.3, -0.25) is 9.52 Å². The van der Waals surface area contributed by atoms with Gasteiger partial charge in [0.05, 0.1) is 17.7 Å². The number of sulfonamides is 1. The fraction of sp³-hybridized carbons (Fsp3) is 0.316. The van der Waals surface area contributed by atoms with Crippen LogP contribution in [0.2, 0.25) is 0 Å². The lowest BCUT2D eigenvalue weighted by atomic mass is 10.2. The van der Waals surface area contributed by atoms with Crippen molar-refractivity contribution in [3.05, 3.63) is 48.0 Å². The molecular formula is C19H22N2O4S. The minimum Gasteiger partial charge on any atom is -0.495 e. The highest BCUT2D eigenvalue weighted by atomic mass is 32.2. The van der Waals surface area contributed by atoms with Gasteiger partial charge in [0.1, 0.15) is 5.75 Å². The summed E-state index contributed by atoms with van der Waals surface area (Å²) in [6.45, 7) is 3.37. The Morgan fingerprint density at radius 3 is 2.31 bits per heavy atom. The maximum absolute atomic E-state index is 12.7. The second-order valence-corrected chi connectivity index (χ2v) is 7.95. The number of nitrogens with one attached hydrogen (secondary N) is 1. The first-order valence-electron chi connectivity index (χ1n) is 8.47. The Kier molecular flexibility index (Phi) is 5.18. The zero-order valence-electron chi connectivity index (χ0n) is 14.9. The molecule has 138 valence electrons. The average molecular weight is 374 g/mol. The third kappa shape index (κ3) is 3.83. The number of methoxy groups -OCH3 is 1. The molecule has 0 radical (unpaired) electrons. The fourth-order valence-electron chi connectivity index (χ4n) is 3.02. The quantitative estimate of drug-likeness (QED) is 0.785. The van der Waals surface area contributed by atoms with Gasteiger partial charge in [0.25, 0.3) is 10.0 Å². The zero-order chi connectivity index (χ0) is 18.7. The van der Waals surface area contributed by atoms with Gasteiger partial charge in [-0.2, -0.15) is 0 Å². The molecule has 1 N–H and O–H groups in total. The second kappa shape index (κ2) is 7.37. The summed E-state index contributed by atoms with van der Waals surface area (Å²) in [6, 6.07) is 11.4. The Morgan fingerprint density at radius 1 is 1.08 bits per heavy atom. The minimum atomic E-state index is -3.79. The van der Waals surface area contributed by atoms with Crippen molar-refractivity contribution in [3.8, 4) is 5.75 Å². The monoisotopic (exact) mass is 374 g/mol. The number of benzene rings is 2. The molecule has 6 nitrogen and oxygen atoms in total. The second-order valence-electron chi connectivity index (χ2n) is 6.26. The van der Waals surface area contributed by atoms with Gasteiger partial charge in [0.15, 0.2) is 5.78 Å². The van der Waals surface area contributed by atoms with Gasteiger partial charge in [-0.25, -0.2) is 8.42 Å². The smallest absolute Gasteiger partial charge is 0.262 e. The van der Waals surface area contributed by atoms with E-state index in [0.29, 0.717) is 17.0 Å². The molecule has 0 bridgehead atoms. The molecule has 0 amide bonds. The van der Waals surface area contributed by atoms with Crippen LogP contribution in [0, 0.1) is 0 Å². The minimum absolute atomic E-state index is 0.0936. The largest absolute Gasteiger partial charge is 0.495 e. The van der Waals surface area contributed by atoms with Crippen molar-refractivity contribution in [1.82, 2.24) is 0 Å². The van der Waals surface area contributed by atoms with E-state index in [4.69, 9.17) is 4.74 Å². The van der Waals surface area contributed by atoms with Crippen molar-refractivity contribution in [2.24, 2.45) is 0 Å². The first-order chi connectivity index (χ1) is 12.4. The standard InChI is InChI=1S/C19H22N2O4S/c1-14(22)15-5-8-17(9-6-15)26(23,24)20-18-13-16(7-10-19(18)25-2)21-11-3-4-12-21/h5-10,13,20H,3-4,11-12H2,1-2H3. The SMILES string of the molecule is COc1ccc(N2CCCC2)cc1NS(=O)(=O)c1ccc(C(C)=O)cc1. The molecule has 0 aliphatic carbocycles. The Balaban J connectivity index is 1.90. The third-order valence-electron chi connectivity index (χ3n) is 4.47. The number of nitrogens with zero attached hydrogens (tertiary/aromatic N) is 1. The van der Waals surface area contributed by atoms with Gasteiger partial charge in [-0.1, -0.05) is 12.1 Å². The molecule has 0 spiro atoms.